The second-order valence-corrected chi connectivity index (χ2v) is 9.20. The molecule has 2 aromatic rings. The third-order valence-electron chi connectivity index (χ3n) is 7.11. The van der Waals surface area contributed by atoms with E-state index in [4.69, 9.17) is 9.73 Å². The van der Waals surface area contributed by atoms with E-state index in [9.17, 15) is 9.59 Å². The van der Waals surface area contributed by atoms with Gasteiger partial charge in [0.1, 0.15) is 11.6 Å². The van der Waals surface area contributed by atoms with Crippen molar-refractivity contribution in [2.24, 2.45) is 4.99 Å². The van der Waals surface area contributed by atoms with Gasteiger partial charge in [-0.3, -0.25) is 15.0 Å². The molecule has 2 aromatic carbocycles. The van der Waals surface area contributed by atoms with Crippen molar-refractivity contribution in [1.29, 1.82) is 0 Å². The molecule has 2 unspecified atom stereocenters. The fourth-order valence-electron chi connectivity index (χ4n) is 5.03. The molecule has 2 fully saturated rings. The average molecular weight is 477 g/mol. The molecular weight excluding hydrogens is 444 g/mol. The van der Waals surface area contributed by atoms with Gasteiger partial charge in [0.15, 0.2) is 12.2 Å². The number of urea groups is 1. The summed E-state index contributed by atoms with van der Waals surface area (Å²) < 4.78 is 5.27. The van der Waals surface area contributed by atoms with Gasteiger partial charge in [0, 0.05) is 45.5 Å². The summed E-state index contributed by atoms with van der Waals surface area (Å²) in [6.07, 6.45) is 0.321. The number of methoxy groups -OCH3 is 1. The van der Waals surface area contributed by atoms with Crippen LogP contribution in [0.4, 0.5) is 10.5 Å². The number of piperazine rings is 1. The van der Waals surface area contributed by atoms with Crippen molar-refractivity contribution in [2.75, 3.05) is 58.3 Å². The lowest BCUT2D eigenvalue weighted by atomic mass is 10.1. The summed E-state index contributed by atoms with van der Waals surface area (Å²) in [5, 5.41) is 2.49. The van der Waals surface area contributed by atoms with Gasteiger partial charge in [-0.05, 0) is 36.2 Å². The molecule has 0 spiro atoms. The van der Waals surface area contributed by atoms with Gasteiger partial charge in [-0.15, -0.1) is 0 Å². The minimum atomic E-state index is -0.489. The Morgan fingerprint density at radius 1 is 1.00 bits per heavy atom. The number of hydrogen-bond acceptors (Lipinski definition) is 7. The predicted octanol–water partition coefficient (Wildman–Crippen LogP) is 1.65. The number of nitrogens with one attached hydrogen (secondary N) is 1. The van der Waals surface area contributed by atoms with Gasteiger partial charge >= 0.3 is 6.03 Å². The lowest BCUT2D eigenvalue weighted by molar-refractivity contribution is -0.127. The average Bonchev–Trinajstić information content (AvgIpc) is 3.26. The molecule has 0 aliphatic carbocycles. The van der Waals surface area contributed by atoms with E-state index in [1.165, 1.54) is 16.2 Å². The van der Waals surface area contributed by atoms with Gasteiger partial charge in [0.2, 0.25) is 0 Å². The maximum Gasteiger partial charge on any atom is 0.325 e. The van der Waals surface area contributed by atoms with Crippen LogP contribution < -0.4 is 15.0 Å². The van der Waals surface area contributed by atoms with Crippen LogP contribution in [0.1, 0.15) is 5.56 Å². The van der Waals surface area contributed by atoms with E-state index >= 15 is 0 Å². The summed E-state index contributed by atoms with van der Waals surface area (Å²) in [5.41, 5.74) is 2.40. The molecule has 1 N–H and O–H groups in total. The van der Waals surface area contributed by atoms with Crippen LogP contribution in [-0.4, -0.2) is 98.1 Å². The molecule has 35 heavy (non-hydrogen) atoms. The predicted molar refractivity (Wildman–Crippen MR) is 135 cm³/mol. The van der Waals surface area contributed by atoms with E-state index in [-0.39, 0.29) is 5.91 Å². The number of rotatable bonds is 7. The Morgan fingerprint density at radius 3 is 2.40 bits per heavy atom. The molecule has 2 saturated heterocycles. The number of likely N-dealkylation sites (N-methyl/N-ethyl adjacent to an activating group) is 1. The molecule has 184 valence electrons. The second-order valence-electron chi connectivity index (χ2n) is 9.20. The summed E-state index contributed by atoms with van der Waals surface area (Å²) in [6.45, 7) is 4.95. The third-order valence-corrected chi connectivity index (χ3v) is 7.11. The van der Waals surface area contributed by atoms with Crippen molar-refractivity contribution in [1.82, 2.24) is 20.0 Å². The van der Waals surface area contributed by atoms with Crippen LogP contribution >= 0.6 is 0 Å². The molecule has 5 rings (SSSR count). The van der Waals surface area contributed by atoms with E-state index in [0.717, 1.165) is 44.2 Å². The number of carbonyl (C=O) groups excluding carboxylic acids is 2. The number of benzene rings is 2. The smallest absolute Gasteiger partial charge is 0.325 e. The molecular formula is C26H32N6O3. The zero-order valence-corrected chi connectivity index (χ0v) is 20.3. The van der Waals surface area contributed by atoms with Crippen molar-refractivity contribution < 1.29 is 14.3 Å². The lowest BCUT2D eigenvalue weighted by Gasteiger charge is -2.38. The van der Waals surface area contributed by atoms with Gasteiger partial charge in [-0.2, -0.15) is 0 Å². The van der Waals surface area contributed by atoms with Crippen molar-refractivity contribution in [3.05, 3.63) is 60.2 Å². The number of hydrogen-bond donors (Lipinski definition) is 1. The largest absolute Gasteiger partial charge is 0.497 e. The Bertz CT molecular complexity index is 1080. The maximum absolute atomic E-state index is 12.8. The van der Waals surface area contributed by atoms with Crippen LogP contribution in [0.15, 0.2) is 59.6 Å². The van der Waals surface area contributed by atoms with Gasteiger partial charge < -0.3 is 19.4 Å². The van der Waals surface area contributed by atoms with Gasteiger partial charge in [0.25, 0.3) is 5.91 Å². The van der Waals surface area contributed by atoms with E-state index in [1.807, 2.05) is 30.3 Å². The Labute approximate surface area is 206 Å². The minimum absolute atomic E-state index is 0.269. The van der Waals surface area contributed by atoms with Crippen molar-refractivity contribution in [3.8, 4) is 5.75 Å². The number of amidine groups is 1. The highest BCUT2D eigenvalue weighted by Gasteiger charge is 2.48. The number of ether oxygens (including phenoxy) is 1. The normalized spacial score (nSPS) is 22.7. The first-order valence-corrected chi connectivity index (χ1v) is 12.1. The van der Waals surface area contributed by atoms with E-state index < -0.39 is 18.2 Å². The SMILES string of the molecule is COc1ccc(N2CCN(CC3=NC4C(C(=O)NC(=O)N4C)N3CCc3ccccc3)CC2)cc1. The minimum Gasteiger partial charge on any atom is -0.497 e. The first kappa shape index (κ1) is 23.2. The van der Waals surface area contributed by atoms with E-state index in [0.29, 0.717) is 13.1 Å². The fraction of sp³-hybridized carbons (Fsp3) is 0.423. The van der Waals surface area contributed by atoms with Crippen LogP contribution in [-0.2, 0) is 11.2 Å². The van der Waals surface area contributed by atoms with Gasteiger partial charge in [-0.25, -0.2) is 9.79 Å². The number of nitrogens with zero attached hydrogens (tertiary/aromatic N) is 5. The highest BCUT2D eigenvalue weighted by Crippen LogP contribution is 2.26. The quantitative estimate of drug-likeness (QED) is 0.655. The molecule has 0 saturated carbocycles. The monoisotopic (exact) mass is 476 g/mol. The summed E-state index contributed by atoms with van der Waals surface area (Å²) in [4.78, 5) is 38.3. The Hall–Kier alpha value is -3.59. The second kappa shape index (κ2) is 9.95. The summed E-state index contributed by atoms with van der Waals surface area (Å²) in [5.74, 6) is 1.47. The highest BCUT2D eigenvalue weighted by molar-refractivity contribution is 6.04. The topological polar surface area (TPSA) is 80.7 Å². The molecule has 3 aliphatic heterocycles. The molecule has 9 nitrogen and oxygen atoms in total. The van der Waals surface area contributed by atoms with Crippen molar-refractivity contribution >= 4 is 23.5 Å². The van der Waals surface area contributed by atoms with Gasteiger partial charge in [0.05, 0.1) is 13.7 Å². The molecule has 0 bridgehead atoms. The molecule has 0 aromatic heterocycles. The zero-order valence-electron chi connectivity index (χ0n) is 20.3. The van der Waals surface area contributed by atoms with Crippen LogP contribution in [0.2, 0.25) is 0 Å². The van der Waals surface area contributed by atoms with Crippen LogP contribution in [0.3, 0.4) is 0 Å². The Balaban J connectivity index is 1.27. The van der Waals surface area contributed by atoms with Crippen LogP contribution in [0.25, 0.3) is 0 Å². The molecule has 2 atom stereocenters. The number of aliphatic imine (C=N–C) groups is 1. The number of fused-ring (bicyclic) bond motifs is 1. The summed E-state index contributed by atoms with van der Waals surface area (Å²) >= 11 is 0. The Morgan fingerprint density at radius 2 is 1.71 bits per heavy atom. The molecule has 9 heteroatoms. The number of imide groups is 1. The first-order valence-electron chi connectivity index (χ1n) is 12.1. The molecule has 3 heterocycles. The first-order chi connectivity index (χ1) is 17.0. The standard InChI is InChI=1S/C26H32N6O3/c1-29-24-23(25(33)28-26(29)34)32(13-12-19-6-4-3-5-7-19)22(27-24)18-30-14-16-31(17-15-30)20-8-10-21(35-2)11-9-20/h3-11,23-24H,12-18H2,1-2H3,(H,28,33,34). The third kappa shape index (κ3) is 4.81. The summed E-state index contributed by atoms with van der Waals surface area (Å²) in [6, 6.07) is 17.5. The lowest BCUT2D eigenvalue weighted by Crippen LogP contribution is -2.64. The van der Waals surface area contributed by atoms with E-state index in [2.05, 4.69) is 44.3 Å². The number of amides is 3. The number of anilines is 1. The van der Waals surface area contributed by atoms with Crippen molar-refractivity contribution in [3.63, 3.8) is 0 Å². The number of carbonyl (C=O) groups is 2. The molecule has 0 radical (unpaired) electrons. The summed E-state index contributed by atoms with van der Waals surface area (Å²) in [7, 11) is 3.38. The van der Waals surface area contributed by atoms with Gasteiger partial charge in [-0.1, -0.05) is 30.3 Å². The van der Waals surface area contributed by atoms with Crippen LogP contribution in [0.5, 0.6) is 5.75 Å². The van der Waals surface area contributed by atoms with Crippen LogP contribution in [0, 0.1) is 0 Å². The highest BCUT2D eigenvalue weighted by atomic mass is 16.5. The molecule has 3 amide bonds. The Kier molecular flexibility index (Phi) is 6.59. The van der Waals surface area contributed by atoms with Crippen molar-refractivity contribution in [2.45, 2.75) is 18.6 Å². The van der Waals surface area contributed by atoms with E-state index in [1.54, 1.807) is 14.2 Å². The molecule has 3 aliphatic rings. The zero-order chi connectivity index (χ0) is 24.4. The fourth-order valence-corrected chi connectivity index (χ4v) is 5.03. The maximum atomic E-state index is 12.8.